The molecular formula is C13H13ClN2O3. The predicted octanol–water partition coefficient (Wildman–Crippen LogP) is 4.07. The van der Waals surface area contributed by atoms with Gasteiger partial charge in [0.25, 0.3) is 5.69 Å². The van der Waals surface area contributed by atoms with Crippen molar-refractivity contribution in [2.75, 3.05) is 5.32 Å². The zero-order valence-electron chi connectivity index (χ0n) is 10.6. The van der Waals surface area contributed by atoms with Crippen LogP contribution < -0.4 is 5.32 Å². The molecule has 0 bridgehead atoms. The fourth-order valence-corrected chi connectivity index (χ4v) is 2.02. The molecule has 0 radical (unpaired) electrons. The van der Waals surface area contributed by atoms with E-state index in [4.69, 9.17) is 16.0 Å². The van der Waals surface area contributed by atoms with E-state index in [0.717, 1.165) is 5.56 Å². The third-order valence-corrected chi connectivity index (χ3v) is 3.02. The molecule has 6 heteroatoms. The van der Waals surface area contributed by atoms with Gasteiger partial charge < -0.3 is 9.73 Å². The molecule has 1 N–H and O–H groups in total. The van der Waals surface area contributed by atoms with E-state index in [-0.39, 0.29) is 10.6 Å². The molecule has 100 valence electrons. The standard InChI is InChI=1S/C13H13ClN2O3/c1-8-5-9(2)12(16(17)18)6-11(8)15-7-10-3-4-13(14)19-10/h3-6,15H,7H2,1-2H3. The molecule has 1 aromatic carbocycles. The molecule has 0 atom stereocenters. The summed E-state index contributed by atoms with van der Waals surface area (Å²) < 4.78 is 5.22. The average molecular weight is 281 g/mol. The second-order valence-corrected chi connectivity index (χ2v) is 4.64. The molecule has 0 saturated heterocycles. The maximum atomic E-state index is 10.9. The average Bonchev–Trinajstić information content (AvgIpc) is 2.73. The Labute approximate surface area is 115 Å². The summed E-state index contributed by atoms with van der Waals surface area (Å²) in [6, 6.07) is 6.74. The second-order valence-electron chi connectivity index (χ2n) is 4.27. The van der Waals surface area contributed by atoms with Gasteiger partial charge in [-0.15, -0.1) is 0 Å². The van der Waals surface area contributed by atoms with Gasteiger partial charge in [0.2, 0.25) is 0 Å². The molecule has 0 amide bonds. The number of benzene rings is 1. The molecule has 19 heavy (non-hydrogen) atoms. The molecule has 2 aromatic rings. The van der Waals surface area contributed by atoms with E-state index in [9.17, 15) is 10.1 Å². The highest BCUT2D eigenvalue weighted by Gasteiger charge is 2.13. The van der Waals surface area contributed by atoms with Gasteiger partial charge in [-0.1, -0.05) is 0 Å². The summed E-state index contributed by atoms with van der Waals surface area (Å²) in [7, 11) is 0. The third-order valence-electron chi connectivity index (χ3n) is 2.82. The van der Waals surface area contributed by atoms with E-state index in [0.29, 0.717) is 28.8 Å². The van der Waals surface area contributed by atoms with Gasteiger partial charge in [0.05, 0.1) is 11.5 Å². The Hall–Kier alpha value is -2.01. The highest BCUT2D eigenvalue weighted by atomic mass is 35.5. The minimum absolute atomic E-state index is 0.102. The normalized spacial score (nSPS) is 10.5. The number of nitro groups is 1. The first-order chi connectivity index (χ1) is 8.97. The summed E-state index contributed by atoms with van der Waals surface area (Å²) in [4.78, 5) is 10.5. The van der Waals surface area contributed by atoms with Crippen molar-refractivity contribution in [3.63, 3.8) is 0 Å². The van der Waals surface area contributed by atoms with E-state index in [1.807, 2.05) is 6.92 Å². The first-order valence-electron chi connectivity index (χ1n) is 5.71. The van der Waals surface area contributed by atoms with Crippen molar-refractivity contribution < 1.29 is 9.34 Å². The van der Waals surface area contributed by atoms with E-state index >= 15 is 0 Å². The van der Waals surface area contributed by atoms with Gasteiger partial charge in [-0.2, -0.15) is 0 Å². The number of hydrogen-bond acceptors (Lipinski definition) is 4. The number of furan rings is 1. The molecule has 0 spiro atoms. The van der Waals surface area contributed by atoms with E-state index in [2.05, 4.69) is 5.32 Å². The maximum Gasteiger partial charge on any atom is 0.274 e. The SMILES string of the molecule is Cc1cc(C)c([N+](=O)[O-])cc1NCc1ccc(Cl)o1. The Morgan fingerprint density at radius 2 is 2.05 bits per heavy atom. The van der Waals surface area contributed by atoms with Crippen LogP contribution in [0, 0.1) is 24.0 Å². The summed E-state index contributed by atoms with van der Waals surface area (Å²) in [5.74, 6) is 0.674. The second kappa shape index (κ2) is 5.32. The highest BCUT2D eigenvalue weighted by molar-refractivity contribution is 6.28. The molecule has 0 saturated carbocycles. The van der Waals surface area contributed by atoms with Crippen LogP contribution in [0.4, 0.5) is 11.4 Å². The van der Waals surface area contributed by atoms with Gasteiger partial charge in [0.1, 0.15) is 5.76 Å². The fourth-order valence-electron chi connectivity index (χ4n) is 1.86. The summed E-state index contributed by atoms with van der Waals surface area (Å²) in [5.41, 5.74) is 2.41. The van der Waals surface area contributed by atoms with E-state index < -0.39 is 0 Å². The van der Waals surface area contributed by atoms with Crippen LogP contribution >= 0.6 is 11.6 Å². The molecule has 0 aliphatic rings. The Morgan fingerprint density at radius 1 is 1.32 bits per heavy atom. The van der Waals surface area contributed by atoms with Crippen LogP contribution in [0.15, 0.2) is 28.7 Å². The molecule has 1 aromatic heterocycles. The number of nitrogens with zero attached hydrogens (tertiary/aromatic N) is 1. The first-order valence-corrected chi connectivity index (χ1v) is 6.09. The number of nitro benzene ring substituents is 1. The van der Waals surface area contributed by atoms with Gasteiger partial charge in [-0.25, -0.2) is 0 Å². The Bertz CT molecular complexity index is 622. The zero-order chi connectivity index (χ0) is 14.0. The number of nitrogens with one attached hydrogen (secondary N) is 1. The Balaban J connectivity index is 2.20. The Kier molecular flexibility index (Phi) is 3.76. The molecular weight excluding hydrogens is 268 g/mol. The lowest BCUT2D eigenvalue weighted by Crippen LogP contribution is -2.02. The van der Waals surface area contributed by atoms with Gasteiger partial charge in [-0.05, 0) is 49.2 Å². The largest absolute Gasteiger partial charge is 0.448 e. The fraction of sp³-hybridized carbons (Fsp3) is 0.231. The molecule has 0 aliphatic heterocycles. The van der Waals surface area contributed by atoms with Crippen molar-refractivity contribution >= 4 is 23.0 Å². The van der Waals surface area contributed by atoms with Crippen molar-refractivity contribution in [3.8, 4) is 0 Å². The van der Waals surface area contributed by atoms with E-state index in [1.165, 1.54) is 6.07 Å². The minimum Gasteiger partial charge on any atom is -0.448 e. The number of rotatable bonds is 4. The third kappa shape index (κ3) is 3.06. The Morgan fingerprint density at radius 3 is 2.63 bits per heavy atom. The van der Waals surface area contributed by atoms with Crippen LogP contribution in [-0.4, -0.2) is 4.92 Å². The number of hydrogen-bond donors (Lipinski definition) is 1. The van der Waals surface area contributed by atoms with Crippen LogP contribution in [0.2, 0.25) is 5.22 Å². The summed E-state index contributed by atoms with van der Waals surface area (Å²) in [6.07, 6.45) is 0. The number of halogens is 1. The van der Waals surface area contributed by atoms with Gasteiger partial charge in [0.15, 0.2) is 5.22 Å². The predicted molar refractivity (Wildman–Crippen MR) is 73.6 cm³/mol. The smallest absolute Gasteiger partial charge is 0.274 e. The minimum atomic E-state index is -0.385. The number of anilines is 1. The van der Waals surface area contributed by atoms with Gasteiger partial charge in [-0.3, -0.25) is 10.1 Å². The van der Waals surface area contributed by atoms with Crippen LogP contribution in [-0.2, 0) is 6.54 Å². The molecule has 5 nitrogen and oxygen atoms in total. The van der Waals surface area contributed by atoms with Crippen LogP contribution in [0.1, 0.15) is 16.9 Å². The van der Waals surface area contributed by atoms with Crippen molar-refractivity contribution in [2.24, 2.45) is 0 Å². The van der Waals surface area contributed by atoms with Crippen molar-refractivity contribution in [1.82, 2.24) is 0 Å². The van der Waals surface area contributed by atoms with Crippen LogP contribution in [0.3, 0.4) is 0 Å². The van der Waals surface area contributed by atoms with Crippen LogP contribution in [0.25, 0.3) is 0 Å². The van der Waals surface area contributed by atoms with E-state index in [1.54, 1.807) is 25.1 Å². The first kappa shape index (κ1) is 13.4. The molecule has 1 heterocycles. The lowest BCUT2D eigenvalue weighted by atomic mass is 10.1. The number of aryl methyl sites for hydroxylation is 2. The lowest BCUT2D eigenvalue weighted by molar-refractivity contribution is -0.385. The molecule has 0 unspecified atom stereocenters. The monoisotopic (exact) mass is 280 g/mol. The van der Waals surface area contributed by atoms with Crippen molar-refractivity contribution in [3.05, 3.63) is 56.5 Å². The molecule has 2 rings (SSSR count). The summed E-state index contributed by atoms with van der Waals surface area (Å²) in [6.45, 7) is 4.04. The topological polar surface area (TPSA) is 68.3 Å². The molecule has 0 fully saturated rings. The maximum absolute atomic E-state index is 10.9. The highest BCUT2D eigenvalue weighted by Crippen LogP contribution is 2.26. The zero-order valence-corrected chi connectivity index (χ0v) is 11.3. The lowest BCUT2D eigenvalue weighted by Gasteiger charge is -2.09. The van der Waals surface area contributed by atoms with Crippen molar-refractivity contribution in [2.45, 2.75) is 20.4 Å². The van der Waals surface area contributed by atoms with Gasteiger partial charge in [0, 0.05) is 17.3 Å². The summed E-state index contributed by atoms with van der Waals surface area (Å²) in [5, 5.41) is 14.3. The van der Waals surface area contributed by atoms with Crippen molar-refractivity contribution in [1.29, 1.82) is 0 Å². The van der Waals surface area contributed by atoms with Gasteiger partial charge >= 0.3 is 0 Å². The van der Waals surface area contributed by atoms with Crippen LogP contribution in [0.5, 0.6) is 0 Å². The summed E-state index contributed by atoms with van der Waals surface area (Å²) >= 11 is 5.68. The molecule has 0 aliphatic carbocycles. The quantitative estimate of drug-likeness (QED) is 0.677.